The van der Waals surface area contributed by atoms with E-state index in [1.165, 1.54) is 0 Å². The molecule has 2 aliphatic heterocycles. The van der Waals surface area contributed by atoms with Crippen LogP contribution in [-0.4, -0.2) is 34.7 Å². The summed E-state index contributed by atoms with van der Waals surface area (Å²) in [5.41, 5.74) is 2.93. The summed E-state index contributed by atoms with van der Waals surface area (Å²) in [5.74, 6) is 0.848. The van der Waals surface area contributed by atoms with Gasteiger partial charge in [0.15, 0.2) is 0 Å². The molecule has 4 nitrogen and oxygen atoms in total. The molecule has 206 valence electrons. The van der Waals surface area contributed by atoms with Crippen molar-refractivity contribution in [3.05, 3.63) is 50.9 Å². The Morgan fingerprint density at radius 1 is 0.684 bits per heavy atom. The Balaban J connectivity index is 1.86. The number of unbranched alkanes of at least 4 members (excludes halogenated alkanes) is 2. The minimum Gasteiger partial charge on any atom is -0.306 e. The van der Waals surface area contributed by atoms with Crippen LogP contribution in [0.5, 0.6) is 0 Å². The SMILES string of the molecule is CCCCC(CC)CN1C(=O)C2=C(c3ccc(I)s3)N(CC(CC)CCCC)C(=O)C2=C1c1ccc(I)s1. The van der Waals surface area contributed by atoms with Crippen LogP contribution in [0, 0.1) is 17.6 Å². The van der Waals surface area contributed by atoms with Gasteiger partial charge in [0.2, 0.25) is 0 Å². The lowest BCUT2D eigenvalue weighted by atomic mass is 9.98. The summed E-state index contributed by atoms with van der Waals surface area (Å²) >= 11 is 8.01. The molecule has 0 spiro atoms. The molecule has 2 atom stereocenters. The summed E-state index contributed by atoms with van der Waals surface area (Å²) in [5, 5.41) is 0. The molecule has 0 fully saturated rings. The van der Waals surface area contributed by atoms with Crippen LogP contribution < -0.4 is 0 Å². The fourth-order valence-electron chi connectivity index (χ4n) is 5.49. The van der Waals surface area contributed by atoms with Gasteiger partial charge in [0.1, 0.15) is 0 Å². The van der Waals surface area contributed by atoms with Crippen molar-refractivity contribution in [3.8, 4) is 0 Å². The van der Waals surface area contributed by atoms with Gasteiger partial charge in [-0.15, -0.1) is 22.7 Å². The highest BCUT2D eigenvalue weighted by atomic mass is 127. The van der Waals surface area contributed by atoms with E-state index in [0.717, 1.165) is 78.3 Å². The molecule has 38 heavy (non-hydrogen) atoms. The number of hydrogen-bond acceptors (Lipinski definition) is 4. The number of carbonyl (C=O) groups is 2. The summed E-state index contributed by atoms with van der Waals surface area (Å²) in [7, 11) is 0. The lowest BCUT2D eigenvalue weighted by Crippen LogP contribution is -2.34. The summed E-state index contributed by atoms with van der Waals surface area (Å²) < 4.78 is 2.32. The van der Waals surface area contributed by atoms with Crippen molar-refractivity contribution in [1.82, 2.24) is 9.80 Å². The van der Waals surface area contributed by atoms with Gasteiger partial charge in [0.05, 0.1) is 38.1 Å². The second-order valence-electron chi connectivity index (χ2n) is 10.3. The lowest BCUT2D eigenvalue weighted by molar-refractivity contribution is -0.124. The fourth-order valence-corrected chi connectivity index (χ4v) is 8.86. The van der Waals surface area contributed by atoms with Crippen LogP contribution in [0.4, 0.5) is 0 Å². The summed E-state index contributed by atoms with van der Waals surface area (Å²) in [6, 6.07) is 8.35. The highest BCUT2D eigenvalue weighted by Gasteiger charge is 2.49. The van der Waals surface area contributed by atoms with Crippen molar-refractivity contribution in [1.29, 1.82) is 0 Å². The van der Waals surface area contributed by atoms with Gasteiger partial charge in [0, 0.05) is 13.1 Å². The van der Waals surface area contributed by atoms with Crippen LogP contribution in [0.25, 0.3) is 11.4 Å². The summed E-state index contributed by atoms with van der Waals surface area (Å²) in [6.07, 6.45) is 8.88. The van der Waals surface area contributed by atoms with Crippen molar-refractivity contribution >= 4 is 91.1 Å². The molecule has 4 rings (SSSR count). The third kappa shape index (κ3) is 6.28. The molecule has 0 aromatic carbocycles. The van der Waals surface area contributed by atoms with Crippen molar-refractivity contribution in [3.63, 3.8) is 0 Å². The minimum absolute atomic E-state index is 0.00391. The van der Waals surface area contributed by atoms with Crippen LogP contribution in [0.3, 0.4) is 0 Å². The number of carbonyl (C=O) groups excluding carboxylic acids is 2. The Kier molecular flexibility index (Phi) is 11.0. The number of rotatable bonds is 14. The first-order valence-electron chi connectivity index (χ1n) is 14.0. The molecule has 2 aromatic heterocycles. The predicted molar refractivity (Wildman–Crippen MR) is 178 cm³/mol. The zero-order valence-electron chi connectivity index (χ0n) is 22.8. The number of fused-ring (bicyclic) bond motifs is 1. The first-order chi connectivity index (χ1) is 18.3. The Morgan fingerprint density at radius 2 is 1.08 bits per heavy atom. The van der Waals surface area contributed by atoms with Gasteiger partial charge in [-0.05, 0) is 94.1 Å². The second kappa shape index (κ2) is 13.8. The number of nitrogens with zero attached hydrogens (tertiary/aromatic N) is 2. The van der Waals surface area contributed by atoms with Gasteiger partial charge >= 0.3 is 0 Å². The Bertz CT molecular complexity index is 1130. The standard InChI is InChI=1S/C30H38I2N2O2S2/c1-5-9-11-19(7-3)17-33-27(21-13-15-23(31)37-21)25-26(29(33)35)28(22-14-16-24(32)38-22)34(30(25)36)18-20(8-4)12-10-6-2/h13-16,19-20H,5-12,17-18H2,1-4H3. The van der Waals surface area contributed by atoms with Crippen LogP contribution >= 0.6 is 67.9 Å². The van der Waals surface area contributed by atoms with E-state index < -0.39 is 0 Å². The molecule has 0 saturated carbocycles. The van der Waals surface area contributed by atoms with Gasteiger partial charge in [-0.1, -0.05) is 66.2 Å². The van der Waals surface area contributed by atoms with Crippen LogP contribution in [0.1, 0.15) is 88.8 Å². The minimum atomic E-state index is 0.00391. The molecule has 0 saturated heterocycles. The molecule has 2 unspecified atom stereocenters. The molecule has 8 heteroatoms. The molecular weight excluding hydrogens is 738 g/mol. The monoisotopic (exact) mass is 776 g/mol. The van der Waals surface area contributed by atoms with Crippen LogP contribution in [-0.2, 0) is 9.59 Å². The average molecular weight is 777 g/mol. The Morgan fingerprint density at radius 3 is 1.37 bits per heavy atom. The zero-order chi connectivity index (χ0) is 27.4. The average Bonchev–Trinajstić information content (AvgIpc) is 3.66. The topological polar surface area (TPSA) is 40.6 Å². The molecular formula is C30H38I2N2O2S2. The zero-order valence-corrected chi connectivity index (χ0v) is 28.8. The Labute approximate surface area is 263 Å². The third-order valence-corrected chi connectivity index (χ3v) is 11.6. The molecule has 0 radical (unpaired) electrons. The molecule has 4 heterocycles. The molecule has 0 aliphatic carbocycles. The third-order valence-electron chi connectivity index (χ3n) is 7.76. The lowest BCUT2D eigenvalue weighted by Gasteiger charge is -2.29. The van der Waals surface area contributed by atoms with Crippen molar-refractivity contribution in [2.45, 2.75) is 79.1 Å². The van der Waals surface area contributed by atoms with E-state index in [0.29, 0.717) is 36.1 Å². The normalized spacial score (nSPS) is 17.3. The van der Waals surface area contributed by atoms with Gasteiger partial charge < -0.3 is 9.80 Å². The first-order valence-corrected chi connectivity index (χ1v) is 17.8. The van der Waals surface area contributed by atoms with E-state index in [1.807, 2.05) is 9.80 Å². The molecule has 2 aromatic rings. The molecule has 0 bridgehead atoms. The quantitative estimate of drug-likeness (QED) is 0.180. The first kappa shape index (κ1) is 30.2. The van der Waals surface area contributed by atoms with E-state index in [2.05, 4.69) is 97.1 Å². The highest BCUT2D eigenvalue weighted by molar-refractivity contribution is 14.1. The number of halogens is 2. The van der Waals surface area contributed by atoms with Gasteiger partial charge in [-0.2, -0.15) is 0 Å². The van der Waals surface area contributed by atoms with Gasteiger partial charge in [0.25, 0.3) is 11.8 Å². The maximum atomic E-state index is 14.4. The van der Waals surface area contributed by atoms with Gasteiger partial charge in [-0.25, -0.2) is 0 Å². The van der Waals surface area contributed by atoms with E-state index in [4.69, 9.17) is 0 Å². The maximum absolute atomic E-state index is 14.4. The molecule has 0 N–H and O–H groups in total. The second-order valence-corrected chi connectivity index (χ2v) is 16.3. The summed E-state index contributed by atoms with van der Waals surface area (Å²) in [6.45, 7) is 10.2. The van der Waals surface area contributed by atoms with Crippen molar-refractivity contribution in [2.75, 3.05) is 13.1 Å². The van der Waals surface area contributed by atoms with Crippen LogP contribution in [0.15, 0.2) is 35.4 Å². The number of hydrogen-bond donors (Lipinski definition) is 0. The number of thiophene rings is 2. The molecule has 2 aliphatic rings. The van der Waals surface area contributed by atoms with E-state index in [1.54, 1.807) is 22.7 Å². The Hall–Kier alpha value is -0.720. The van der Waals surface area contributed by atoms with E-state index >= 15 is 0 Å². The fraction of sp³-hybridized carbons (Fsp3) is 0.533. The smallest absolute Gasteiger partial charge is 0.261 e. The molecule has 2 amide bonds. The van der Waals surface area contributed by atoms with Crippen molar-refractivity contribution < 1.29 is 9.59 Å². The summed E-state index contributed by atoms with van der Waals surface area (Å²) in [4.78, 5) is 34.7. The van der Waals surface area contributed by atoms with E-state index in [9.17, 15) is 9.59 Å². The maximum Gasteiger partial charge on any atom is 0.261 e. The predicted octanol–water partition coefficient (Wildman–Crippen LogP) is 9.26. The van der Waals surface area contributed by atoms with Crippen LogP contribution in [0.2, 0.25) is 0 Å². The van der Waals surface area contributed by atoms with Gasteiger partial charge in [-0.3, -0.25) is 9.59 Å². The van der Waals surface area contributed by atoms with E-state index in [-0.39, 0.29) is 11.8 Å². The van der Waals surface area contributed by atoms with Crippen molar-refractivity contribution in [2.24, 2.45) is 11.8 Å². The highest BCUT2D eigenvalue weighted by Crippen LogP contribution is 2.49. The number of amides is 2. The largest absolute Gasteiger partial charge is 0.306 e.